The number of benzene rings is 3. The molecule has 1 fully saturated rings. The number of aromatic nitrogens is 1. The Kier molecular flexibility index (Phi) is 7.53. The third kappa shape index (κ3) is 5.38. The zero-order valence-electron chi connectivity index (χ0n) is 21.3. The first-order chi connectivity index (χ1) is 18.1. The summed E-state index contributed by atoms with van der Waals surface area (Å²) in [6.45, 7) is 4.45. The van der Waals surface area contributed by atoms with Crippen LogP contribution in [0.25, 0.3) is 32.8 Å². The number of nitrogens with one attached hydrogen (secondary N) is 1. The number of piperidine rings is 1. The first-order valence-corrected chi connectivity index (χ1v) is 13.1. The third-order valence-corrected chi connectivity index (χ3v) is 7.22. The van der Waals surface area contributed by atoms with Crippen molar-refractivity contribution in [3.8, 4) is 11.1 Å². The molecule has 5 rings (SSSR count). The molecule has 4 aromatic rings. The van der Waals surface area contributed by atoms with Gasteiger partial charge >= 0.3 is 5.97 Å². The maximum absolute atomic E-state index is 13.0. The molecule has 7 heteroatoms. The van der Waals surface area contributed by atoms with Crippen LogP contribution in [0.4, 0.5) is 0 Å². The lowest BCUT2D eigenvalue weighted by atomic mass is 9.96. The van der Waals surface area contributed by atoms with Gasteiger partial charge in [0.15, 0.2) is 0 Å². The van der Waals surface area contributed by atoms with E-state index in [1.165, 1.54) is 16.3 Å². The minimum absolute atomic E-state index is 0.0672. The van der Waals surface area contributed by atoms with E-state index < -0.39 is 0 Å². The second kappa shape index (κ2) is 11.2. The molecule has 0 unspecified atom stereocenters. The Bertz CT molecular complexity index is 1410. The predicted molar refractivity (Wildman–Crippen MR) is 148 cm³/mol. The van der Waals surface area contributed by atoms with Gasteiger partial charge in [0.1, 0.15) is 0 Å². The number of rotatable bonds is 8. The molecule has 0 saturated carbocycles. The summed E-state index contributed by atoms with van der Waals surface area (Å²) in [5, 5.41) is 3.51. The Morgan fingerprint density at radius 1 is 1.03 bits per heavy atom. The van der Waals surface area contributed by atoms with E-state index in [-0.39, 0.29) is 24.3 Å². The molecular weight excluding hydrogens is 464 g/mol. The van der Waals surface area contributed by atoms with E-state index in [1.807, 2.05) is 17.8 Å². The van der Waals surface area contributed by atoms with Crippen molar-refractivity contribution >= 4 is 33.6 Å². The van der Waals surface area contributed by atoms with E-state index in [2.05, 4.69) is 71.0 Å². The van der Waals surface area contributed by atoms with Crippen LogP contribution in [0.2, 0.25) is 0 Å². The Hall–Kier alpha value is -3.68. The van der Waals surface area contributed by atoms with E-state index in [9.17, 15) is 9.59 Å². The average Bonchev–Trinajstić information content (AvgIpc) is 3.25. The quantitative estimate of drug-likeness (QED) is 0.354. The third-order valence-electron chi connectivity index (χ3n) is 7.22. The zero-order valence-corrected chi connectivity index (χ0v) is 21.3. The van der Waals surface area contributed by atoms with E-state index in [0.717, 1.165) is 41.3 Å². The molecule has 1 saturated heterocycles. The highest BCUT2D eigenvalue weighted by Crippen LogP contribution is 2.32. The van der Waals surface area contributed by atoms with Crippen molar-refractivity contribution in [3.05, 3.63) is 72.4 Å². The van der Waals surface area contributed by atoms with Crippen molar-refractivity contribution in [2.24, 2.45) is 11.7 Å². The fourth-order valence-electron chi connectivity index (χ4n) is 5.35. The molecule has 0 spiro atoms. The summed E-state index contributed by atoms with van der Waals surface area (Å²) in [7, 11) is 0. The van der Waals surface area contributed by atoms with Gasteiger partial charge in [-0.1, -0.05) is 48.5 Å². The number of nitrogens with two attached hydrogens (primary N) is 1. The van der Waals surface area contributed by atoms with Gasteiger partial charge in [0.05, 0.1) is 24.6 Å². The maximum Gasteiger partial charge on any atom is 0.309 e. The second-order valence-corrected chi connectivity index (χ2v) is 9.66. The van der Waals surface area contributed by atoms with Gasteiger partial charge in [-0.3, -0.25) is 24.6 Å². The van der Waals surface area contributed by atoms with Crippen molar-refractivity contribution < 1.29 is 14.3 Å². The Labute approximate surface area is 217 Å². The first kappa shape index (κ1) is 25.0. The lowest BCUT2D eigenvalue weighted by molar-refractivity contribution is -0.149. The van der Waals surface area contributed by atoms with Crippen molar-refractivity contribution in [2.45, 2.75) is 26.2 Å². The summed E-state index contributed by atoms with van der Waals surface area (Å²) in [5.74, 6) is -0.271. The zero-order chi connectivity index (χ0) is 25.8. The Morgan fingerprint density at radius 3 is 2.59 bits per heavy atom. The van der Waals surface area contributed by atoms with Crippen molar-refractivity contribution in [3.63, 3.8) is 0 Å². The topological polar surface area (TPSA) is 89.6 Å². The summed E-state index contributed by atoms with van der Waals surface area (Å²) < 4.78 is 6.97. The molecule has 3 aromatic carbocycles. The number of ether oxygens (including phenoxy) is 1. The highest BCUT2D eigenvalue weighted by Gasteiger charge is 2.27. The molecule has 0 atom stereocenters. The molecule has 0 bridgehead atoms. The van der Waals surface area contributed by atoms with E-state index in [0.29, 0.717) is 26.2 Å². The molecule has 2 heterocycles. The number of carbonyl (C=O) groups is 2. The van der Waals surface area contributed by atoms with E-state index in [4.69, 9.17) is 10.5 Å². The minimum atomic E-state index is -0.124. The van der Waals surface area contributed by atoms with Gasteiger partial charge < -0.3 is 10.5 Å². The first-order valence-electron chi connectivity index (χ1n) is 13.1. The molecule has 192 valence electrons. The van der Waals surface area contributed by atoms with Crippen LogP contribution in [0.15, 0.2) is 66.9 Å². The van der Waals surface area contributed by atoms with Gasteiger partial charge in [-0.15, -0.1) is 0 Å². The maximum atomic E-state index is 13.0. The molecule has 1 aliphatic heterocycles. The van der Waals surface area contributed by atoms with Crippen molar-refractivity contribution in [1.29, 1.82) is 0 Å². The number of esters is 1. The lowest BCUT2D eigenvalue weighted by Crippen LogP contribution is -2.42. The predicted octanol–water partition coefficient (Wildman–Crippen LogP) is 4.31. The number of likely N-dealkylation sites (tertiary alicyclic amines) is 1. The van der Waals surface area contributed by atoms with Gasteiger partial charge in [-0.25, -0.2) is 0 Å². The van der Waals surface area contributed by atoms with Gasteiger partial charge in [0.2, 0.25) is 0 Å². The van der Waals surface area contributed by atoms with Crippen LogP contribution >= 0.6 is 0 Å². The molecule has 1 amide bonds. The highest BCUT2D eigenvalue weighted by molar-refractivity contribution is 5.99. The van der Waals surface area contributed by atoms with Gasteiger partial charge in [-0.2, -0.15) is 0 Å². The number of nitrogens with zero attached hydrogens (tertiary/aromatic N) is 2. The molecule has 7 nitrogen and oxygen atoms in total. The molecule has 0 aliphatic carbocycles. The summed E-state index contributed by atoms with van der Waals surface area (Å²) in [6, 6.07) is 21.1. The fraction of sp³-hybridized carbons (Fsp3) is 0.333. The number of carbonyl (C=O) groups excluding carboxylic acids is 2. The SMILES string of the molecule is CCOC(=O)C1CCN(CC(=O)Nn2cc(CCN)c3cc(-c4cccc5ccccc45)ccc32)CC1. The summed E-state index contributed by atoms with van der Waals surface area (Å²) >= 11 is 0. The van der Waals surface area contributed by atoms with Crippen LogP contribution in [0.1, 0.15) is 25.3 Å². The number of amides is 1. The van der Waals surface area contributed by atoms with Crippen molar-refractivity contribution in [2.75, 3.05) is 38.2 Å². The van der Waals surface area contributed by atoms with Gasteiger partial charge in [0.25, 0.3) is 5.91 Å². The van der Waals surface area contributed by atoms with E-state index in [1.54, 1.807) is 0 Å². The molecule has 0 radical (unpaired) electrons. The largest absolute Gasteiger partial charge is 0.466 e. The van der Waals surface area contributed by atoms with Crippen LogP contribution in [-0.4, -0.2) is 54.2 Å². The minimum Gasteiger partial charge on any atom is -0.466 e. The van der Waals surface area contributed by atoms with Gasteiger partial charge in [-0.05, 0) is 85.4 Å². The molecule has 1 aromatic heterocycles. The molecular formula is C30H34N4O3. The smallest absolute Gasteiger partial charge is 0.309 e. The molecule has 37 heavy (non-hydrogen) atoms. The molecule has 3 N–H and O–H groups in total. The number of fused-ring (bicyclic) bond motifs is 2. The summed E-state index contributed by atoms with van der Waals surface area (Å²) in [4.78, 5) is 27.0. The summed E-state index contributed by atoms with van der Waals surface area (Å²) in [5.41, 5.74) is 13.4. The normalized spacial score (nSPS) is 14.8. The van der Waals surface area contributed by atoms with E-state index >= 15 is 0 Å². The number of hydrogen-bond donors (Lipinski definition) is 2. The lowest BCUT2D eigenvalue weighted by Gasteiger charge is -2.30. The van der Waals surface area contributed by atoms with Crippen LogP contribution in [0.3, 0.4) is 0 Å². The Morgan fingerprint density at radius 2 is 1.81 bits per heavy atom. The average molecular weight is 499 g/mol. The van der Waals surface area contributed by atoms with Crippen molar-refractivity contribution in [1.82, 2.24) is 9.58 Å². The highest BCUT2D eigenvalue weighted by atomic mass is 16.5. The van der Waals surface area contributed by atoms with Crippen LogP contribution in [-0.2, 0) is 20.7 Å². The van der Waals surface area contributed by atoms with Crippen LogP contribution < -0.4 is 11.2 Å². The van der Waals surface area contributed by atoms with Gasteiger partial charge in [0, 0.05) is 11.6 Å². The monoisotopic (exact) mass is 498 g/mol. The standard InChI is InChI=1S/C30H34N4O3/c1-2-37-30(36)22-13-16-33(17-14-22)20-29(35)32-34-19-24(12-15-31)27-18-23(10-11-28(27)34)26-9-5-7-21-6-3-4-8-25(21)26/h3-11,18-19,22H,2,12-17,20,31H2,1H3,(H,32,35). The fourth-order valence-corrected chi connectivity index (χ4v) is 5.35. The second-order valence-electron chi connectivity index (χ2n) is 9.66. The van der Waals surface area contributed by atoms with Crippen LogP contribution in [0, 0.1) is 5.92 Å². The summed E-state index contributed by atoms with van der Waals surface area (Å²) in [6.07, 6.45) is 4.14. The Balaban J connectivity index is 1.34. The van der Waals surface area contributed by atoms with Crippen LogP contribution in [0.5, 0.6) is 0 Å². The molecule has 1 aliphatic rings. The number of hydrogen-bond acceptors (Lipinski definition) is 5.